The fourth-order valence-corrected chi connectivity index (χ4v) is 5.13. The van der Waals surface area contributed by atoms with Crippen LogP contribution in [0.3, 0.4) is 0 Å². The van der Waals surface area contributed by atoms with Crippen molar-refractivity contribution in [3.8, 4) is 6.07 Å². The Balaban J connectivity index is 1.83. The molecule has 4 nitrogen and oxygen atoms in total. The molecule has 1 aliphatic carbocycles. The highest BCUT2D eigenvalue weighted by Crippen LogP contribution is 2.49. The van der Waals surface area contributed by atoms with Gasteiger partial charge in [0.15, 0.2) is 5.50 Å². The number of nitriles is 1. The number of amides is 1. The molecule has 0 aromatic heterocycles. The first-order chi connectivity index (χ1) is 14.2. The number of halogens is 3. The van der Waals surface area contributed by atoms with Crippen LogP contribution in [0.1, 0.15) is 42.4 Å². The number of hydrogen-bond donors (Lipinski definition) is 1. The third-order valence-corrected chi connectivity index (χ3v) is 6.45. The Morgan fingerprint density at radius 2 is 1.70 bits per heavy atom. The summed E-state index contributed by atoms with van der Waals surface area (Å²) in [6.45, 7) is 1.96. The van der Waals surface area contributed by atoms with E-state index in [4.69, 9.17) is 5.26 Å². The maximum Gasteiger partial charge on any atom is 0.417 e. The van der Waals surface area contributed by atoms with Crippen molar-refractivity contribution in [3.63, 3.8) is 0 Å². The number of carbonyl (C=O) groups excluding carboxylic acids is 1. The summed E-state index contributed by atoms with van der Waals surface area (Å²) in [6, 6.07) is 12.7. The molecule has 2 aliphatic rings. The van der Waals surface area contributed by atoms with E-state index in [1.165, 1.54) is 11.0 Å². The zero-order valence-corrected chi connectivity index (χ0v) is 17.2. The summed E-state index contributed by atoms with van der Waals surface area (Å²) in [5.74, 6) is -0.251. The minimum Gasteiger partial charge on any atom is -0.328 e. The third kappa shape index (κ3) is 3.12. The molecule has 2 fully saturated rings. The highest BCUT2D eigenvalue weighted by atomic mass is 32.1. The number of hydrogen-bond acceptors (Lipinski definition) is 4. The molecule has 1 heterocycles. The quantitative estimate of drug-likeness (QED) is 0.660. The van der Waals surface area contributed by atoms with Crippen LogP contribution in [-0.4, -0.2) is 16.9 Å². The molecule has 1 unspecified atom stereocenters. The van der Waals surface area contributed by atoms with E-state index in [9.17, 15) is 18.0 Å². The molecule has 8 heteroatoms. The lowest BCUT2D eigenvalue weighted by Crippen LogP contribution is -2.48. The fraction of sp³-hybridized carbons (Fsp3) is 0.364. The molecule has 0 N–H and O–H groups in total. The van der Waals surface area contributed by atoms with Crippen LogP contribution in [-0.2, 0) is 11.0 Å². The van der Waals surface area contributed by atoms with Gasteiger partial charge in [0.1, 0.15) is 5.54 Å². The molecule has 2 aromatic rings. The van der Waals surface area contributed by atoms with Gasteiger partial charge < -0.3 is 4.90 Å². The molecule has 0 bridgehead atoms. The first-order valence-corrected chi connectivity index (χ1v) is 10.2. The predicted octanol–water partition coefficient (Wildman–Crippen LogP) is 5.26. The van der Waals surface area contributed by atoms with Crippen molar-refractivity contribution in [2.45, 2.75) is 49.8 Å². The van der Waals surface area contributed by atoms with Gasteiger partial charge in [-0.1, -0.05) is 30.5 Å². The summed E-state index contributed by atoms with van der Waals surface area (Å²) in [7, 11) is 0. The van der Waals surface area contributed by atoms with Crippen LogP contribution >= 0.6 is 12.6 Å². The lowest BCUT2D eigenvalue weighted by Gasteiger charge is -2.35. The number of rotatable bonds is 2. The summed E-state index contributed by atoms with van der Waals surface area (Å²) < 4.78 is 40.5. The minimum atomic E-state index is -4.70. The average Bonchev–Trinajstić information content (AvgIpc) is 3.26. The Morgan fingerprint density at radius 3 is 2.27 bits per heavy atom. The van der Waals surface area contributed by atoms with Gasteiger partial charge in [-0.25, -0.2) is 0 Å². The molecular weight excluding hydrogens is 411 g/mol. The average molecular weight is 431 g/mol. The van der Waals surface area contributed by atoms with Gasteiger partial charge in [-0.05, 0) is 50.1 Å². The summed E-state index contributed by atoms with van der Waals surface area (Å²) in [5, 5.41) is 9.07. The Kier molecular flexibility index (Phi) is 4.97. The number of carbonyl (C=O) groups is 1. The molecule has 0 radical (unpaired) electrons. The molecule has 1 saturated heterocycles. The van der Waals surface area contributed by atoms with E-state index >= 15 is 0 Å². The topological polar surface area (TPSA) is 47.3 Å². The zero-order valence-electron chi connectivity index (χ0n) is 16.3. The number of alkyl halides is 3. The van der Waals surface area contributed by atoms with Crippen LogP contribution in [0.4, 0.5) is 24.5 Å². The summed E-state index contributed by atoms with van der Waals surface area (Å²) >= 11 is 4.68. The van der Waals surface area contributed by atoms with Crippen LogP contribution in [0.25, 0.3) is 0 Å². The van der Waals surface area contributed by atoms with E-state index in [1.807, 2.05) is 36.1 Å². The number of nitrogens with zero attached hydrogens (tertiary/aromatic N) is 3. The van der Waals surface area contributed by atoms with Crippen LogP contribution in [0.2, 0.25) is 0 Å². The second kappa shape index (κ2) is 7.24. The van der Waals surface area contributed by atoms with Gasteiger partial charge in [0, 0.05) is 11.4 Å². The Labute approximate surface area is 178 Å². The van der Waals surface area contributed by atoms with Crippen LogP contribution in [0, 0.1) is 18.3 Å². The summed E-state index contributed by atoms with van der Waals surface area (Å²) in [5.41, 5.74) is -1.14. The largest absolute Gasteiger partial charge is 0.417 e. The van der Waals surface area contributed by atoms with Crippen molar-refractivity contribution < 1.29 is 18.0 Å². The van der Waals surface area contributed by atoms with Crippen molar-refractivity contribution in [3.05, 3.63) is 59.2 Å². The lowest BCUT2D eigenvalue weighted by atomic mass is 9.94. The smallest absolute Gasteiger partial charge is 0.328 e. The first kappa shape index (κ1) is 20.6. The van der Waals surface area contributed by atoms with Gasteiger partial charge in [0.25, 0.3) is 5.91 Å². The van der Waals surface area contributed by atoms with Crippen molar-refractivity contribution in [1.29, 1.82) is 5.26 Å². The second-order valence-corrected chi connectivity index (χ2v) is 8.27. The van der Waals surface area contributed by atoms with E-state index in [0.29, 0.717) is 12.8 Å². The van der Waals surface area contributed by atoms with Gasteiger partial charge in [-0.3, -0.25) is 9.69 Å². The second-order valence-electron chi connectivity index (χ2n) is 7.81. The maximum absolute atomic E-state index is 13.6. The molecule has 1 spiro atoms. The summed E-state index contributed by atoms with van der Waals surface area (Å²) in [4.78, 5) is 16.8. The van der Waals surface area contributed by atoms with Gasteiger partial charge in [0.2, 0.25) is 0 Å². The number of aryl methyl sites for hydroxylation is 1. The van der Waals surface area contributed by atoms with E-state index < -0.39 is 28.3 Å². The van der Waals surface area contributed by atoms with Crippen molar-refractivity contribution in [2.75, 3.05) is 9.80 Å². The Hall–Kier alpha value is -2.66. The molecule has 1 aliphatic heterocycles. The number of anilines is 2. The summed E-state index contributed by atoms with van der Waals surface area (Å²) in [6.07, 6.45) is -1.73. The number of thiol groups is 1. The van der Waals surface area contributed by atoms with E-state index in [1.54, 1.807) is 6.07 Å². The van der Waals surface area contributed by atoms with Crippen LogP contribution in [0.5, 0.6) is 0 Å². The van der Waals surface area contributed by atoms with Crippen LogP contribution in [0.15, 0.2) is 42.5 Å². The Bertz CT molecular complexity index is 1020. The molecule has 1 atom stereocenters. The predicted molar refractivity (Wildman–Crippen MR) is 111 cm³/mol. The van der Waals surface area contributed by atoms with E-state index in [-0.39, 0.29) is 11.6 Å². The van der Waals surface area contributed by atoms with Gasteiger partial charge in [-0.15, -0.1) is 12.6 Å². The highest BCUT2D eigenvalue weighted by molar-refractivity contribution is 7.81. The van der Waals surface area contributed by atoms with Gasteiger partial charge in [0.05, 0.1) is 17.2 Å². The standard InChI is InChI=1S/C22H20F3N3OS/c1-14-4-7-16(8-5-14)28-20(30)27(19(29)21(28)10-2-3-11-21)17-9-6-15(13-26)18(12-17)22(23,24)25/h4-9,12,20,30H,2-3,10-11H2,1H3. The fourth-order valence-electron chi connectivity index (χ4n) is 4.53. The van der Waals surface area contributed by atoms with E-state index in [2.05, 4.69) is 12.6 Å². The Morgan fingerprint density at radius 1 is 1.10 bits per heavy atom. The molecule has 156 valence electrons. The van der Waals surface area contributed by atoms with Gasteiger partial charge >= 0.3 is 6.18 Å². The van der Waals surface area contributed by atoms with E-state index in [0.717, 1.165) is 36.2 Å². The van der Waals surface area contributed by atoms with Crippen molar-refractivity contribution in [2.24, 2.45) is 0 Å². The maximum atomic E-state index is 13.6. The molecule has 1 amide bonds. The third-order valence-electron chi connectivity index (χ3n) is 5.99. The molecular formula is C22H20F3N3OS. The molecule has 4 rings (SSSR count). The minimum absolute atomic E-state index is 0.0900. The normalized spacial score (nSPS) is 20.8. The number of benzene rings is 2. The lowest BCUT2D eigenvalue weighted by molar-refractivity contribution is -0.137. The van der Waals surface area contributed by atoms with Crippen molar-refractivity contribution in [1.82, 2.24) is 0 Å². The monoisotopic (exact) mass is 431 g/mol. The van der Waals surface area contributed by atoms with Crippen molar-refractivity contribution >= 4 is 29.9 Å². The SMILES string of the molecule is Cc1ccc(N2C(S)N(c3ccc(C#N)c(C(F)(F)F)c3)C(=O)C23CCCC3)cc1. The highest BCUT2D eigenvalue weighted by Gasteiger charge is 2.58. The molecule has 2 aromatic carbocycles. The molecule has 1 saturated carbocycles. The van der Waals surface area contributed by atoms with Crippen LogP contribution < -0.4 is 9.80 Å². The first-order valence-electron chi connectivity index (χ1n) is 9.68. The molecule has 30 heavy (non-hydrogen) atoms. The van der Waals surface area contributed by atoms with Gasteiger partial charge in [-0.2, -0.15) is 18.4 Å². The zero-order chi connectivity index (χ0) is 21.7.